The normalized spacial score (nSPS) is 18.9. The zero-order valence-corrected chi connectivity index (χ0v) is 11.7. The van der Waals surface area contributed by atoms with Crippen LogP contribution in [0.3, 0.4) is 0 Å². The third-order valence-electron chi connectivity index (χ3n) is 4.07. The summed E-state index contributed by atoms with van der Waals surface area (Å²) in [5.74, 6) is 0. The van der Waals surface area contributed by atoms with Gasteiger partial charge in [0.1, 0.15) is 0 Å². The largest absolute Gasteiger partial charge is 0.330 e. The molecule has 0 radical (unpaired) electrons. The lowest BCUT2D eigenvalue weighted by Crippen LogP contribution is -2.35. The molecular weight excluding hydrogens is 246 g/mol. The minimum atomic E-state index is 0.0255. The van der Waals surface area contributed by atoms with E-state index in [4.69, 9.17) is 5.73 Å². The summed E-state index contributed by atoms with van der Waals surface area (Å²) in [6, 6.07) is 0. The molecule has 1 aromatic rings. The second kappa shape index (κ2) is 6.50. The second-order valence-electron chi connectivity index (χ2n) is 5.36. The molecule has 1 aliphatic rings. The molecule has 0 aromatic carbocycles. The van der Waals surface area contributed by atoms with E-state index in [0.29, 0.717) is 5.41 Å². The van der Waals surface area contributed by atoms with E-state index >= 15 is 0 Å². The first-order valence-corrected chi connectivity index (χ1v) is 7.70. The number of hydrogen-bond donors (Lipinski definition) is 3. The van der Waals surface area contributed by atoms with Crippen molar-refractivity contribution in [3.05, 3.63) is 20.7 Å². The quantitative estimate of drug-likeness (QED) is 0.690. The van der Waals surface area contributed by atoms with Gasteiger partial charge in [0.25, 0.3) is 0 Å². The maximum atomic E-state index is 11.0. The van der Waals surface area contributed by atoms with Crippen LogP contribution in [0.4, 0.5) is 0 Å². The fourth-order valence-corrected chi connectivity index (χ4v) is 3.42. The maximum Gasteiger partial charge on any atom is 0.304 e. The van der Waals surface area contributed by atoms with E-state index in [2.05, 4.69) is 10.3 Å². The van der Waals surface area contributed by atoms with E-state index in [9.17, 15) is 4.79 Å². The molecule has 18 heavy (non-hydrogen) atoms. The summed E-state index contributed by atoms with van der Waals surface area (Å²) < 4.78 is 0. The number of nitrogens with two attached hydrogens (primary N) is 1. The van der Waals surface area contributed by atoms with Crippen molar-refractivity contribution in [1.82, 2.24) is 10.3 Å². The molecule has 5 heteroatoms. The van der Waals surface area contributed by atoms with Crippen molar-refractivity contribution in [2.45, 2.75) is 45.1 Å². The van der Waals surface area contributed by atoms with Crippen molar-refractivity contribution in [2.24, 2.45) is 11.1 Å². The first-order chi connectivity index (χ1) is 8.74. The van der Waals surface area contributed by atoms with Crippen LogP contribution in [0.1, 0.15) is 44.2 Å². The highest BCUT2D eigenvalue weighted by atomic mass is 32.1. The lowest BCUT2D eigenvalue weighted by atomic mass is 9.72. The Morgan fingerprint density at radius 3 is 2.78 bits per heavy atom. The average molecular weight is 269 g/mol. The van der Waals surface area contributed by atoms with Gasteiger partial charge in [-0.2, -0.15) is 0 Å². The Labute approximate surface area is 112 Å². The molecule has 0 unspecified atom stereocenters. The Kier molecular flexibility index (Phi) is 4.97. The van der Waals surface area contributed by atoms with Gasteiger partial charge in [0.15, 0.2) is 0 Å². The molecule has 4 nitrogen and oxygen atoms in total. The molecule has 0 spiro atoms. The van der Waals surface area contributed by atoms with Crippen molar-refractivity contribution in [1.29, 1.82) is 0 Å². The van der Waals surface area contributed by atoms with Gasteiger partial charge in [-0.15, -0.1) is 0 Å². The first kappa shape index (κ1) is 13.8. The molecule has 1 aliphatic carbocycles. The number of H-pyrrole nitrogens is 1. The van der Waals surface area contributed by atoms with E-state index in [0.717, 1.165) is 31.7 Å². The van der Waals surface area contributed by atoms with Crippen LogP contribution in [0.15, 0.2) is 10.2 Å². The zero-order valence-electron chi connectivity index (χ0n) is 10.8. The lowest BCUT2D eigenvalue weighted by molar-refractivity contribution is 0.181. The summed E-state index contributed by atoms with van der Waals surface area (Å²) in [5.41, 5.74) is 7.31. The molecule has 0 atom stereocenters. The molecule has 1 aromatic heterocycles. The molecule has 0 saturated heterocycles. The first-order valence-electron chi connectivity index (χ1n) is 6.82. The van der Waals surface area contributed by atoms with Crippen LogP contribution in [0, 0.1) is 5.41 Å². The maximum absolute atomic E-state index is 11.0. The highest BCUT2D eigenvalue weighted by Crippen LogP contribution is 2.37. The predicted molar refractivity (Wildman–Crippen MR) is 75.8 cm³/mol. The third-order valence-corrected chi connectivity index (χ3v) is 4.78. The second-order valence-corrected chi connectivity index (χ2v) is 6.21. The molecular formula is C13H23N3OS. The van der Waals surface area contributed by atoms with Crippen molar-refractivity contribution >= 4 is 11.3 Å². The molecule has 102 valence electrons. The van der Waals surface area contributed by atoms with Gasteiger partial charge in [0.05, 0.1) is 0 Å². The van der Waals surface area contributed by atoms with Gasteiger partial charge in [-0.1, -0.05) is 30.6 Å². The summed E-state index contributed by atoms with van der Waals surface area (Å²) in [4.78, 5) is 13.8. The summed E-state index contributed by atoms with van der Waals surface area (Å²) in [6.45, 7) is 2.54. The molecule has 0 aliphatic heterocycles. The summed E-state index contributed by atoms with van der Waals surface area (Å²) in [7, 11) is 0. The standard InChI is InChI=1S/C13H23N3OS/c14-10-13(4-2-1-3-5-13)6-7-15-8-11-9-18-12(17)16-11/h9,15H,1-8,10,14H2,(H,16,17). The number of nitrogens with one attached hydrogen (secondary N) is 2. The minimum absolute atomic E-state index is 0.0255. The number of aromatic amines is 1. The van der Waals surface area contributed by atoms with Gasteiger partial charge in [-0.3, -0.25) is 4.79 Å². The average Bonchev–Trinajstić information content (AvgIpc) is 2.82. The van der Waals surface area contributed by atoms with Gasteiger partial charge in [-0.25, -0.2) is 0 Å². The van der Waals surface area contributed by atoms with E-state index in [-0.39, 0.29) is 4.87 Å². The van der Waals surface area contributed by atoms with E-state index in [1.165, 1.54) is 43.4 Å². The molecule has 0 bridgehead atoms. The van der Waals surface area contributed by atoms with Crippen LogP contribution in [-0.4, -0.2) is 18.1 Å². The summed E-state index contributed by atoms with van der Waals surface area (Å²) in [5, 5.41) is 5.29. The van der Waals surface area contributed by atoms with Crippen LogP contribution >= 0.6 is 11.3 Å². The van der Waals surface area contributed by atoms with Gasteiger partial charge in [0.2, 0.25) is 0 Å². The fourth-order valence-electron chi connectivity index (χ4n) is 2.84. The Hall–Kier alpha value is -0.650. The zero-order chi connectivity index (χ0) is 12.8. The molecule has 0 amide bonds. The monoisotopic (exact) mass is 269 g/mol. The van der Waals surface area contributed by atoms with Crippen molar-refractivity contribution < 1.29 is 0 Å². The van der Waals surface area contributed by atoms with Crippen molar-refractivity contribution in [3.63, 3.8) is 0 Å². The van der Waals surface area contributed by atoms with Gasteiger partial charge in [-0.05, 0) is 37.8 Å². The van der Waals surface area contributed by atoms with Crippen molar-refractivity contribution in [2.75, 3.05) is 13.1 Å². The Balaban J connectivity index is 1.72. The van der Waals surface area contributed by atoms with E-state index in [1.54, 1.807) is 0 Å². The molecule has 1 saturated carbocycles. The Morgan fingerprint density at radius 1 is 1.39 bits per heavy atom. The van der Waals surface area contributed by atoms with Gasteiger partial charge < -0.3 is 16.0 Å². The highest BCUT2D eigenvalue weighted by Gasteiger charge is 2.29. The minimum Gasteiger partial charge on any atom is -0.330 e. The van der Waals surface area contributed by atoms with Crippen LogP contribution in [0.5, 0.6) is 0 Å². The molecule has 1 fully saturated rings. The van der Waals surface area contributed by atoms with Crippen LogP contribution in [-0.2, 0) is 6.54 Å². The summed E-state index contributed by atoms with van der Waals surface area (Å²) >= 11 is 1.22. The van der Waals surface area contributed by atoms with Crippen LogP contribution < -0.4 is 15.9 Å². The Morgan fingerprint density at radius 2 is 2.17 bits per heavy atom. The number of rotatable bonds is 6. The van der Waals surface area contributed by atoms with E-state index < -0.39 is 0 Å². The topological polar surface area (TPSA) is 70.9 Å². The van der Waals surface area contributed by atoms with Gasteiger partial charge >= 0.3 is 4.87 Å². The number of aromatic nitrogens is 1. The Bertz CT molecular complexity index is 406. The SMILES string of the molecule is NCC1(CCNCc2csc(=O)[nH]2)CCCCC1. The van der Waals surface area contributed by atoms with Gasteiger partial charge in [0, 0.05) is 17.6 Å². The number of thiazole rings is 1. The molecule has 4 N–H and O–H groups in total. The fraction of sp³-hybridized carbons (Fsp3) is 0.769. The number of hydrogen-bond acceptors (Lipinski definition) is 4. The smallest absolute Gasteiger partial charge is 0.304 e. The predicted octanol–water partition coefficient (Wildman–Crippen LogP) is 1.83. The van der Waals surface area contributed by atoms with Crippen LogP contribution in [0.25, 0.3) is 0 Å². The highest BCUT2D eigenvalue weighted by molar-refractivity contribution is 7.07. The van der Waals surface area contributed by atoms with E-state index in [1.807, 2.05) is 5.38 Å². The summed E-state index contributed by atoms with van der Waals surface area (Å²) in [6.07, 6.45) is 7.73. The molecule has 1 heterocycles. The third kappa shape index (κ3) is 3.67. The molecule has 2 rings (SSSR count). The van der Waals surface area contributed by atoms with Crippen molar-refractivity contribution in [3.8, 4) is 0 Å². The van der Waals surface area contributed by atoms with Crippen LogP contribution in [0.2, 0.25) is 0 Å². The lowest BCUT2D eigenvalue weighted by Gasteiger charge is -2.36.